The number of benzene rings is 3. The van der Waals surface area contributed by atoms with Gasteiger partial charge in [0.15, 0.2) is 0 Å². The van der Waals surface area contributed by atoms with Crippen molar-refractivity contribution in [3.63, 3.8) is 0 Å². The molecular weight excluding hydrogens is 514 g/mol. The molecule has 0 aliphatic heterocycles. The van der Waals surface area contributed by atoms with Crippen LogP contribution in [0.1, 0.15) is 11.1 Å². The van der Waals surface area contributed by atoms with E-state index in [1.165, 1.54) is 0 Å². The van der Waals surface area contributed by atoms with E-state index in [1.807, 2.05) is 30.3 Å². The lowest BCUT2D eigenvalue weighted by Crippen LogP contribution is -2.39. The molecule has 3 aromatic carbocycles. The first-order chi connectivity index (χ1) is 16.2. The van der Waals surface area contributed by atoms with Gasteiger partial charge in [-0.3, -0.25) is 9.69 Å². The van der Waals surface area contributed by atoms with Gasteiger partial charge in [-0.15, -0.1) is 0 Å². The number of likely N-dealkylation sites (N-methyl/N-ethyl adjacent to an activating group) is 1. The van der Waals surface area contributed by atoms with Crippen molar-refractivity contribution >= 4 is 63.3 Å². The van der Waals surface area contributed by atoms with Crippen LogP contribution >= 0.6 is 46.4 Å². The van der Waals surface area contributed by atoms with Crippen LogP contribution in [0.5, 0.6) is 0 Å². The molecule has 0 bridgehead atoms. The molecule has 4 nitrogen and oxygen atoms in total. The Morgan fingerprint density at radius 2 is 1.53 bits per heavy atom. The minimum atomic E-state index is -0.924. The summed E-state index contributed by atoms with van der Waals surface area (Å²) in [6.45, 7) is 0.312. The SMILES string of the molecule is CN(Cc1c(Cl)cccc1Cl)C(Cc1ccc2nc(-c3c(Cl)cccc3Cl)ccc2c1)C(=O)O. The molecule has 0 amide bonds. The van der Waals surface area contributed by atoms with E-state index >= 15 is 0 Å². The molecule has 0 saturated carbocycles. The number of hydrogen-bond donors (Lipinski definition) is 1. The fraction of sp³-hybridized carbons (Fsp3) is 0.154. The lowest BCUT2D eigenvalue weighted by Gasteiger charge is -2.25. The fourth-order valence-corrected chi connectivity index (χ4v) is 4.99. The minimum Gasteiger partial charge on any atom is -0.480 e. The number of carboxylic acid groups (broad SMARTS) is 1. The maximum atomic E-state index is 12.1. The Morgan fingerprint density at radius 3 is 2.15 bits per heavy atom. The maximum Gasteiger partial charge on any atom is 0.321 e. The molecule has 1 aromatic heterocycles. The molecule has 174 valence electrons. The van der Waals surface area contributed by atoms with Crippen molar-refractivity contribution in [1.82, 2.24) is 9.88 Å². The first-order valence-electron chi connectivity index (χ1n) is 10.4. The summed E-state index contributed by atoms with van der Waals surface area (Å²) >= 11 is 25.2. The number of nitrogens with zero attached hydrogens (tertiary/aromatic N) is 2. The van der Waals surface area contributed by atoms with Crippen LogP contribution in [-0.4, -0.2) is 34.0 Å². The van der Waals surface area contributed by atoms with Crippen LogP contribution in [0.4, 0.5) is 0 Å². The molecule has 0 aliphatic rings. The standard InChI is InChI=1S/C26H20Cl4N2O2/c1-32(14-17-18(27)4-2-5-19(17)28)24(26(33)34)13-15-8-10-22-16(12-15)9-11-23(31-22)25-20(29)6-3-7-21(25)30/h2-12,24H,13-14H2,1H3,(H,33,34). The summed E-state index contributed by atoms with van der Waals surface area (Å²) in [6, 6.07) is 19.3. The summed E-state index contributed by atoms with van der Waals surface area (Å²) in [5, 5.41) is 12.9. The van der Waals surface area contributed by atoms with Gasteiger partial charge in [-0.05, 0) is 61.5 Å². The summed E-state index contributed by atoms with van der Waals surface area (Å²) in [6.07, 6.45) is 0.307. The van der Waals surface area contributed by atoms with Gasteiger partial charge in [-0.1, -0.05) is 70.7 Å². The Labute approximate surface area is 217 Å². The molecule has 4 rings (SSSR count). The highest BCUT2D eigenvalue weighted by Crippen LogP contribution is 2.34. The third-order valence-electron chi connectivity index (χ3n) is 5.69. The van der Waals surface area contributed by atoms with Crippen LogP contribution in [0.2, 0.25) is 20.1 Å². The molecule has 1 atom stereocenters. The molecule has 0 radical (unpaired) electrons. The van der Waals surface area contributed by atoms with Crippen LogP contribution in [0.15, 0.2) is 66.7 Å². The summed E-state index contributed by atoms with van der Waals surface area (Å²) in [7, 11) is 1.75. The van der Waals surface area contributed by atoms with Crippen LogP contribution < -0.4 is 0 Å². The molecular formula is C26H20Cl4N2O2. The van der Waals surface area contributed by atoms with Crippen molar-refractivity contribution < 1.29 is 9.90 Å². The van der Waals surface area contributed by atoms with Gasteiger partial charge in [0.05, 0.1) is 21.3 Å². The summed E-state index contributed by atoms with van der Waals surface area (Å²) in [4.78, 5) is 18.5. The highest BCUT2D eigenvalue weighted by Gasteiger charge is 2.24. The largest absolute Gasteiger partial charge is 0.480 e. The molecule has 34 heavy (non-hydrogen) atoms. The second kappa shape index (κ2) is 10.5. The molecule has 0 aliphatic carbocycles. The van der Waals surface area contributed by atoms with Crippen molar-refractivity contribution in [2.24, 2.45) is 0 Å². The van der Waals surface area contributed by atoms with Gasteiger partial charge < -0.3 is 5.11 Å². The Morgan fingerprint density at radius 1 is 0.912 bits per heavy atom. The van der Waals surface area contributed by atoms with E-state index in [0.29, 0.717) is 49.9 Å². The first-order valence-corrected chi connectivity index (χ1v) is 12.0. The van der Waals surface area contributed by atoms with E-state index in [-0.39, 0.29) is 0 Å². The van der Waals surface area contributed by atoms with Crippen molar-refractivity contribution in [3.8, 4) is 11.3 Å². The molecule has 0 spiro atoms. The second-order valence-corrected chi connectivity index (χ2v) is 9.62. The van der Waals surface area contributed by atoms with E-state index in [0.717, 1.165) is 16.5 Å². The Kier molecular flexibility index (Phi) is 7.66. The lowest BCUT2D eigenvalue weighted by atomic mass is 10.0. The summed E-state index contributed by atoms with van der Waals surface area (Å²) < 4.78 is 0. The average molecular weight is 534 g/mol. The van der Waals surface area contributed by atoms with Gasteiger partial charge in [-0.25, -0.2) is 4.98 Å². The van der Waals surface area contributed by atoms with Crippen molar-refractivity contribution in [1.29, 1.82) is 0 Å². The topological polar surface area (TPSA) is 53.4 Å². The van der Waals surface area contributed by atoms with Crippen LogP contribution in [0, 0.1) is 0 Å². The van der Waals surface area contributed by atoms with Crippen molar-refractivity contribution in [2.45, 2.75) is 19.0 Å². The zero-order chi connectivity index (χ0) is 24.4. The van der Waals surface area contributed by atoms with Gasteiger partial charge in [-0.2, -0.15) is 0 Å². The number of aliphatic carboxylic acids is 1. The fourth-order valence-electron chi connectivity index (χ4n) is 3.88. The average Bonchev–Trinajstić information content (AvgIpc) is 2.79. The molecule has 0 saturated heterocycles. The normalized spacial score (nSPS) is 12.3. The highest BCUT2D eigenvalue weighted by atomic mass is 35.5. The molecule has 0 fully saturated rings. The Hall–Kier alpha value is -2.34. The first kappa shape index (κ1) is 24.8. The minimum absolute atomic E-state index is 0.307. The molecule has 1 heterocycles. The highest BCUT2D eigenvalue weighted by molar-refractivity contribution is 6.39. The number of fused-ring (bicyclic) bond motifs is 1. The maximum absolute atomic E-state index is 12.1. The van der Waals surface area contributed by atoms with Gasteiger partial charge >= 0.3 is 5.97 Å². The zero-order valence-corrected chi connectivity index (χ0v) is 21.1. The Bertz CT molecular complexity index is 1340. The molecule has 1 unspecified atom stereocenters. The summed E-state index contributed by atoms with van der Waals surface area (Å²) in [5.41, 5.74) is 3.70. The van der Waals surface area contributed by atoms with Crippen LogP contribution in [0.25, 0.3) is 22.2 Å². The lowest BCUT2D eigenvalue weighted by molar-refractivity contribution is -0.142. The van der Waals surface area contributed by atoms with Crippen LogP contribution in [-0.2, 0) is 17.8 Å². The predicted octanol–water partition coefficient (Wildman–Crippen LogP) is 7.64. The number of pyridine rings is 1. The van der Waals surface area contributed by atoms with Crippen molar-refractivity contribution in [3.05, 3.63) is 97.9 Å². The number of carbonyl (C=O) groups is 1. The second-order valence-electron chi connectivity index (χ2n) is 7.99. The number of carboxylic acids is 1. The van der Waals surface area contributed by atoms with Crippen molar-refractivity contribution in [2.75, 3.05) is 7.05 Å². The molecule has 8 heteroatoms. The van der Waals surface area contributed by atoms with E-state index in [4.69, 9.17) is 51.4 Å². The summed E-state index contributed by atoms with van der Waals surface area (Å²) in [5.74, 6) is -0.924. The quantitative estimate of drug-likeness (QED) is 0.265. The zero-order valence-electron chi connectivity index (χ0n) is 18.1. The third-order valence-corrected chi connectivity index (χ3v) is 7.03. The van der Waals surface area contributed by atoms with Gasteiger partial charge in [0.25, 0.3) is 0 Å². The third kappa shape index (κ3) is 5.32. The van der Waals surface area contributed by atoms with Crippen LogP contribution in [0.3, 0.4) is 0 Å². The smallest absolute Gasteiger partial charge is 0.321 e. The predicted molar refractivity (Wildman–Crippen MR) is 140 cm³/mol. The number of rotatable bonds is 7. The van der Waals surface area contributed by atoms with Gasteiger partial charge in [0.2, 0.25) is 0 Å². The van der Waals surface area contributed by atoms with E-state index in [2.05, 4.69) is 0 Å². The monoisotopic (exact) mass is 532 g/mol. The number of hydrogen-bond acceptors (Lipinski definition) is 3. The number of aromatic nitrogens is 1. The van der Waals surface area contributed by atoms with E-state index in [1.54, 1.807) is 48.3 Å². The Balaban J connectivity index is 1.59. The van der Waals surface area contributed by atoms with E-state index in [9.17, 15) is 9.90 Å². The van der Waals surface area contributed by atoms with E-state index < -0.39 is 12.0 Å². The van der Waals surface area contributed by atoms with Gasteiger partial charge in [0, 0.05) is 33.1 Å². The molecule has 1 N–H and O–H groups in total. The number of halogens is 4. The van der Waals surface area contributed by atoms with Gasteiger partial charge in [0.1, 0.15) is 6.04 Å². The molecule has 4 aromatic rings.